The van der Waals surface area contributed by atoms with Crippen molar-refractivity contribution in [1.82, 2.24) is 4.98 Å². The number of anilines is 2. The van der Waals surface area contributed by atoms with Crippen LogP contribution in [-0.2, 0) is 0 Å². The SMILES string of the molecule is CC(=O)c1ccc(NC(C)C)c(N(C)C(=O)c2ccc(C)nc2)c1. The van der Waals surface area contributed by atoms with E-state index in [1.807, 2.05) is 26.8 Å². The van der Waals surface area contributed by atoms with Gasteiger partial charge in [0.1, 0.15) is 0 Å². The van der Waals surface area contributed by atoms with Crippen molar-refractivity contribution in [3.8, 4) is 0 Å². The molecule has 1 N–H and O–H groups in total. The van der Waals surface area contributed by atoms with Gasteiger partial charge in [-0.2, -0.15) is 0 Å². The van der Waals surface area contributed by atoms with Gasteiger partial charge in [-0.1, -0.05) is 0 Å². The first-order valence-electron chi connectivity index (χ1n) is 7.92. The summed E-state index contributed by atoms with van der Waals surface area (Å²) in [6.45, 7) is 7.43. The van der Waals surface area contributed by atoms with E-state index in [0.29, 0.717) is 16.8 Å². The van der Waals surface area contributed by atoms with Crippen LogP contribution in [0.4, 0.5) is 11.4 Å². The Morgan fingerprint density at radius 1 is 1.12 bits per heavy atom. The Morgan fingerprint density at radius 3 is 2.33 bits per heavy atom. The van der Waals surface area contributed by atoms with Gasteiger partial charge >= 0.3 is 0 Å². The highest BCUT2D eigenvalue weighted by atomic mass is 16.2. The summed E-state index contributed by atoms with van der Waals surface area (Å²) in [4.78, 5) is 30.2. The molecule has 0 radical (unpaired) electrons. The van der Waals surface area contributed by atoms with Crippen LogP contribution in [-0.4, -0.2) is 29.8 Å². The Labute approximate surface area is 142 Å². The molecule has 1 amide bonds. The fraction of sp³-hybridized carbons (Fsp3) is 0.316. The second-order valence-corrected chi connectivity index (χ2v) is 6.14. The molecule has 2 rings (SSSR count). The maximum absolute atomic E-state index is 12.7. The van der Waals surface area contributed by atoms with Gasteiger partial charge in [-0.15, -0.1) is 0 Å². The van der Waals surface area contributed by atoms with Crippen LogP contribution in [0.5, 0.6) is 0 Å². The minimum absolute atomic E-state index is 0.0369. The number of rotatable bonds is 5. The monoisotopic (exact) mass is 325 g/mol. The molecule has 0 fully saturated rings. The fourth-order valence-electron chi connectivity index (χ4n) is 2.36. The number of Topliss-reactive ketones (excluding diaryl/α,β-unsaturated/α-hetero) is 1. The van der Waals surface area contributed by atoms with Gasteiger partial charge in [0.2, 0.25) is 0 Å². The lowest BCUT2D eigenvalue weighted by atomic mass is 10.1. The highest BCUT2D eigenvalue weighted by Crippen LogP contribution is 2.28. The van der Waals surface area contributed by atoms with Crippen molar-refractivity contribution in [2.75, 3.05) is 17.3 Å². The van der Waals surface area contributed by atoms with Crippen LogP contribution >= 0.6 is 0 Å². The van der Waals surface area contributed by atoms with Gasteiger partial charge in [0.15, 0.2) is 5.78 Å². The molecule has 5 nitrogen and oxygen atoms in total. The molecular formula is C19H23N3O2. The summed E-state index contributed by atoms with van der Waals surface area (Å²) in [6, 6.07) is 9.11. The first-order valence-corrected chi connectivity index (χ1v) is 7.92. The van der Waals surface area contributed by atoms with Gasteiger partial charge in [-0.25, -0.2) is 0 Å². The van der Waals surface area contributed by atoms with Gasteiger partial charge in [0.25, 0.3) is 5.91 Å². The second kappa shape index (κ2) is 7.25. The van der Waals surface area contributed by atoms with E-state index in [4.69, 9.17) is 0 Å². The molecule has 0 spiro atoms. The zero-order chi connectivity index (χ0) is 17.9. The number of aryl methyl sites for hydroxylation is 1. The second-order valence-electron chi connectivity index (χ2n) is 6.14. The largest absolute Gasteiger partial charge is 0.381 e. The molecule has 0 saturated heterocycles. The first kappa shape index (κ1) is 17.7. The number of benzene rings is 1. The standard InChI is InChI=1S/C19H23N3O2/c1-12(2)21-17-9-8-15(14(4)23)10-18(17)22(5)19(24)16-7-6-13(3)20-11-16/h6-12,21H,1-5H3. The number of hydrogen-bond acceptors (Lipinski definition) is 4. The van der Waals surface area contributed by atoms with Gasteiger partial charge in [0.05, 0.1) is 16.9 Å². The Balaban J connectivity index is 2.43. The average Bonchev–Trinajstić information content (AvgIpc) is 2.54. The Kier molecular flexibility index (Phi) is 5.34. The van der Waals surface area contributed by atoms with E-state index in [1.54, 1.807) is 42.4 Å². The normalized spacial score (nSPS) is 10.6. The molecule has 1 aromatic heterocycles. The quantitative estimate of drug-likeness (QED) is 0.852. The van der Waals surface area contributed by atoms with Gasteiger partial charge in [-0.05, 0) is 58.0 Å². The van der Waals surface area contributed by atoms with Crippen LogP contribution in [0.1, 0.15) is 47.2 Å². The van der Waals surface area contributed by atoms with E-state index < -0.39 is 0 Å². The summed E-state index contributed by atoms with van der Waals surface area (Å²) in [5.74, 6) is -0.208. The summed E-state index contributed by atoms with van der Waals surface area (Å²) in [5.41, 5.74) is 3.41. The molecule has 0 bridgehead atoms. The van der Waals surface area contributed by atoms with Gasteiger partial charge < -0.3 is 10.2 Å². The minimum atomic E-state index is -0.171. The number of nitrogens with one attached hydrogen (secondary N) is 1. The number of ketones is 1. The highest BCUT2D eigenvalue weighted by Gasteiger charge is 2.18. The lowest BCUT2D eigenvalue weighted by Gasteiger charge is -2.23. The Morgan fingerprint density at radius 2 is 1.79 bits per heavy atom. The van der Waals surface area contributed by atoms with Crippen molar-refractivity contribution in [3.63, 3.8) is 0 Å². The average molecular weight is 325 g/mol. The Hall–Kier alpha value is -2.69. The number of carbonyl (C=O) groups is 2. The summed E-state index contributed by atoms with van der Waals surface area (Å²) in [7, 11) is 1.70. The maximum atomic E-state index is 12.7. The predicted molar refractivity (Wildman–Crippen MR) is 96.9 cm³/mol. The molecule has 1 heterocycles. The lowest BCUT2D eigenvalue weighted by molar-refractivity contribution is 0.0988. The van der Waals surface area contributed by atoms with Crippen molar-refractivity contribution >= 4 is 23.1 Å². The van der Waals surface area contributed by atoms with Crippen LogP contribution in [0.2, 0.25) is 0 Å². The maximum Gasteiger partial charge on any atom is 0.259 e. The van der Waals surface area contributed by atoms with E-state index in [-0.39, 0.29) is 17.7 Å². The molecule has 2 aromatic rings. The molecule has 0 unspecified atom stereocenters. The zero-order valence-electron chi connectivity index (χ0n) is 14.8. The minimum Gasteiger partial charge on any atom is -0.381 e. The van der Waals surface area contributed by atoms with Crippen molar-refractivity contribution < 1.29 is 9.59 Å². The summed E-state index contributed by atoms with van der Waals surface area (Å²) >= 11 is 0. The van der Waals surface area contributed by atoms with Gasteiger partial charge in [-0.3, -0.25) is 14.6 Å². The molecule has 5 heteroatoms. The molecule has 0 aliphatic rings. The Bertz CT molecular complexity index is 752. The van der Waals surface area contributed by atoms with Crippen LogP contribution in [0.25, 0.3) is 0 Å². The van der Waals surface area contributed by atoms with E-state index >= 15 is 0 Å². The molecular weight excluding hydrogens is 302 g/mol. The number of aromatic nitrogens is 1. The van der Waals surface area contributed by atoms with Crippen molar-refractivity contribution in [1.29, 1.82) is 0 Å². The van der Waals surface area contributed by atoms with Crippen LogP contribution < -0.4 is 10.2 Å². The predicted octanol–water partition coefficient (Wildman–Crippen LogP) is 3.69. The van der Waals surface area contributed by atoms with Crippen molar-refractivity contribution in [2.24, 2.45) is 0 Å². The molecule has 0 saturated carbocycles. The van der Waals surface area contributed by atoms with Crippen LogP contribution in [0, 0.1) is 6.92 Å². The fourth-order valence-corrected chi connectivity index (χ4v) is 2.36. The third-order valence-corrected chi connectivity index (χ3v) is 3.67. The lowest BCUT2D eigenvalue weighted by Crippen LogP contribution is -2.28. The van der Waals surface area contributed by atoms with Crippen LogP contribution in [0.3, 0.4) is 0 Å². The summed E-state index contributed by atoms with van der Waals surface area (Å²) in [6.07, 6.45) is 1.57. The summed E-state index contributed by atoms with van der Waals surface area (Å²) < 4.78 is 0. The molecule has 24 heavy (non-hydrogen) atoms. The van der Waals surface area contributed by atoms with E-state index in [2.05, 4.69) is 10.3 Å². The highest BCUT2D eigenvalue weighted by molar-refractivity contribution is 6.08. The van der Waals surface area contributed by atoms with Gasteiger partial charge in [0, 0.05) is 30.5 Å². The number of pyridine rings is 1. The number of nitrogens with zero attached hydrogens (tertiary/aromatic N) is 2. The van der Waals surface area contributed by atoms with E-state index in [1.165, 1.54) is 6.92 Å². The number of carbonyl (C=O) groups excluding carboxylic acids is 2. The third kappa shape index (κ3) is 3.98. The van der Waals surface area contributed by atoms with E-state index in [0.717, 1.165) is 11.4 Å². The molecule has 0 atom stereocenters. The number of hydrogen-bond donors (Lipinski definition) is 1. The van der Waals surface area contributed by atoms with Crippen molar-refractivity contribution in [2.45, 2.75) is 33.7 Å². The smallest absolute Gasteiger partial charge is 0.259 e. The molecule has 1 aromatic carbocycles. The van der Waals surface area contributed by atoms with Crippen molar-refractivity contribution in [3.05, 3.63) is 53.3 Å². The molecule has 0 aliphatic carbocycles. The molecule has 0 aliphatic heterocycles. The number of amides is 1. The zero-order valence-corrected chi connectivity index (χ0v) is 14.8. The summed E-state index contributed by atoms with van der Waals surface area (Å²) in [5, 5.41) is 3.32. The first-order chi connectivity index (χ1) is 11.3. The topological polar surface area (TPSA) is 62.3 Å². The van der Waals surface area contributed by atoms with E-state index in [9.17, 15) is 9.59 Å². The van der Waals surface area contributed by atoms with Crippen LogP contribution in [0.15, 0.2) is 36.5 Å². The third-order valence-electron chi connectivity index (χ3n) is 3.67. The molecule has 126 valence electrons.